The zero-order valence-corrected chi connectivity index (χ0v) is 10.4. The fourth-order valence-electron chi connectivity index (χ4n) is 1.51. The van der Waals surface area contributed by atoms with Crippen LogP contribution < -0.4 is 10.6 Å². The third-order valence-corrected chi connectivity index (χ3v) is 3.78. The number of hydrogen-bond donors (Lipinski definition) is 2. The second-order valence-electron chi connectivity index (χ2n) is 3.79. The lowest BCUT2D eigenvalue weighted by Crippen LogP contribution is -2.23. The Morgan fingerprint density at radius 2 is 2.17 bits per heavy atom. The number of aromatic nitrogens is 2. The van der Waals surface area contributed by atoms with Gasteiger partial charge in [-0.15, -0.1) is 10.2 Å². The van der Waals surface area contributed by atoms with Crippen molar-refractivity contribution in [3.05, 3.63) is 29.3 Å². The van der Waals surface area contributed by atoms with E-state index in [1.807, 2.05) is 0 Å². The first-order chi connectivity index (χ1) is 8.50. The number of amides is 1. The molecule has 0 radical (unpaired) electrons. The molecule has 0 aliphatic carbocycles. The number of anilines is 1. The molecule has 1 unspecified atom stereocenters. The number of nitrogens with one attached hydrogen (secondary N) is 2. The molecular weight excluding hydrogens is 256 g/mol. The molecular formula is C10H12N4O3S. The summed E-state index contributed by atoms with van der Waals surface area (Å²) in [5.74, 6) is 0.109. The van der Waals surface area contributed by atoms with Crippen LogP contribution in [0.4, 0.5) is 5.82 Å². The molecule has 7 nitrogen and oxygen atoms in total. The highest BCUT2D eigenvalue weighted by atomic mass is 32.2. The van der Waals surface area contributed by atoms with Crippen LogP contribution in [0.15, 0.2) is 23.6 Å². The molecule has 0 bridgehead atoms. The summed E-state index contributed by atoms with van der Waals surface area (Å²) in [6.45, 7) is 0. The minimum Gasteiger partial charge on any atom is -0.361 e. The quantitative estimate of drug-likeness (QED) is 0.770. The molecule has 0 aromatic carbocycles. The molecule has 0 spiro atoms. The first-order valence-electron chi connectivity index (χ1n) is 5.23. The van der Waals surface area contributed by atoms with Crippen molar-refractivity contribution < 1.29 is 13.2 Å². The number of carbonyl (C=O) groups excluding carboxylic acids is 1. The van der Waals surface area contributed by atoms with Crippen LogP contribution in [0.25, 0.3) is 0 Å². The number of carbonyl (C=O) groups is 1. The zero-order valence-electron chi connectivity index (χ0n) is 9.62. The van der Waals surface area contributed by atoms with E-state index in [0.29, 0.717) is 5.82 Å². The van der Waals surface area contributed by atoms with Gasteiger partial charge in [-0.05, 0) is 18.2 Å². The van der Waals surface area contributed by atoms with E-state index in [-0.39, 0.29) is 23.4 Å². The molecule has 1 aromatic rings. The first kappa shape index (κ1) is 12.5. The maximum absolute atomic E-state index is 11.2. The van der Waals surface area contributed by atoms with Crippen LogP contribution in [0.2, 0.25) is 0 Å². The van der Waals surface area contributed by atoms with Gasteiger partial charge in [-0.1, -0.05) is 0 Å². The smallest absolute Gasteiger partial charge is 0.271 e. The molecule has 2 N–H and O–H groups in total. The summed E-state index contributed by atoms with van der Waals surface area (Å²) in [5, 5.41) is 14.1. The molecule has 96 valence electrons. The summed E-state index contributed by atoms with van der Waals surface area (Å²) in [6.07, 6.45) is 1.56. The van der Waals surface area contributed by atoms with Crippen LogP contribution in [0, 0.1) is 0 Å². The van der Waals surface area contributed by atoms with Gasteiger partial charge in [0.1, 0.15) is 5.82 Å². The maximum atomic E-state index is 11.2. The highest BCUT2D eigenvalue weighted by molar-refractivity contribution is 7.94. The van der Waals surface area contributed by atoms with Crippen LogP contribution >= 0.6 is 0 Å². The fourth-order valence-corrected chi connectivity index (χ4v) is 2.75. The minimum absolute atomic E-state index is 0.00583. The van der Waals surface area contributed by atoms with E-state index < -0.39 is 9.84 Å². The van der Waals surface area contributed by atoms with E-state index in [4.69, 9.17) is 0 Å². The van der Waals surface area contributed by atoms with Gasteiger partial charge in [0.25, 0.3) is 5.91 Å². The summed E-state index contributed by atoms with van der Waals surface area (Å²) < 4.78 is 22.4. The molecule has 1 aliphatic heterocycles. The van der Waals surface area contributed by atoms with E-state index in [1.54, 1.807) is 12.1 Å². The third kappa shape index (κ3) is 2.83. The molecule has 0 saturated carbocycles. The number of sulfone groups is 1. The Balaban J connectivity index is 2.04. The lowest BCUT2D eigenvalue weighted by molar-refractivity contribution is 0.0957. The predicted octanol–water partition coefficient (Wildman–Crippen LogP) is -0.441. The van der Waals surface area contributed by atoms with Crippen molar-refractivity contribution in [3.63, 3.8) is 0 Å². The van der Waals surface area contributed by atoms with Crippen molar-refractivity contribution in [1.82, 2.24) is 15.5 Å². The third-order valence-electron chi connectivity index (χ3n) is 2.39. The average molecular weight is 268 g/mol. The molecule has 0 saturated heterocycles. The van der Waals surface area contributed by atoms with Gasteiger partial charge in [-0.25, -0.2) is 8.42 Å². The number of hydrogen-bond acceptors (Lipinski definition) is 6. The minimum atomic E-state index is -3.10. The highest BCUT2D eigenvalue weighted by Crippen LogP contribution is 2.12. The molecule has 1 aromatic heterocycles. The Bertz CT molecular complexity index is 580. The Kier molecular flexibility index (Phi) is 3.28. The van der Waals surface area contributed by atoms with Gasteiger partial charge in [-0.3, -0.25) is 4.79 Å². The lowest BCUT2D eigenvalue weighted by Gasteiger charge is -2.09. The van der Waals surface area contributed by atoms with Gasteiger partial charge in [-0.2, -0.15) is 0 Å². The Morgan fingerprint density at radius 1 is 1.39 bits per heavy atom. The van der Waals surface area contributed by atoms with Gasteiger partial charge in [0, 0.05) is 12.5 Å². The average Bonchev–Trinajstić information content (AvgIpc) is 2.68. The zero-order chi connectivity index (χ0) is 13.2. The van der Waals surface area contributed by atoms with Crippen LogP contribution in [0.1, 0.15) is 10.5 Å². The first-order valence-corrected chi connectivity index (χ1v) is 6.95. The summed E-state index contributed by atoms with van der Waals surface area (Å²) in [7, 11) is -1.59. The van der Waals surface area contributed by atoms with Crippen molar-refractivity contribution in [1.29, 1.82) is 0 Å². The highest BCUT2D eigenvalue weighted by Gasteiger charge is 2.21. The van der Waals surface area contributed by atoms with Crippen molar-refractivity contribution in [2.75, 3.05) is 18.1 Å². The van der Waals surface area contributed by atoms with E-state index in [2.05, 4.69) is 20.8 Å². The van der Waals surface area contributed by atoms with Gasteiger partial charge >= 0.3 is 0 Å². The normalized spacial score (nSPS) is 20.6. The van der Waals surface area contributed by atoms with E-state index in [9.17, 15) is 13.2 Å². The standard InChI is InChI=1S/C10H12N4O3S/c1-11-10(15)8-2-3-9(14-13-8)12-7-4-5-18(16,17)6-7/h2-5,7H,6H2,1H3,(H,11,15)(H,12,14). The molecule has 18 heavy (non-hydrogen) atoms. The molecule has 8 heteroatoms. The van der Waals surface area contributed by atoms with Crippen molar-refractivity contribution in [3.8, 4) is 0 Å². The van der Waals surface area contributed by atoms with Crippen molar-refractivity contribution in [2.45, 2.75) is 6.04 Å². The van der Waals surface area contributed by atoms with E-state index in [1.165, 1.54) is 18.5 Å². The predicted molar refractivity (Wildman–Crippen MR) is 65.8 cm³/mol. The van der Waals surface area contributed by atoms with Crippen LogP contribution in [0.5, 0.6) is 0 Å². The largest absolute Gasteiger partial charge is 0.361 e. The Labute approximate surface area is 104 Å². The Morgan fingerprint density at radius 3 is 2.67 bits per heavy atom. The summed E-state index contributed by atoms with van der Waals surface area (Å²) in [4.78, 5) is 11.2. The second-order valence-corrected chi connectivity index (χ2v) is 5.72. The van der Waals surface area contributed by atoms with Crippen molar-refractivity contribution in [2.24, 2.45) is 0 Å². The lowest BCUT2D eigenvalue weighted by atomic mass is 10.3. The van der Waals surface area contributed by atoms with Gasteiger partial charge in [0.05, 0.1) is 11.8 Å². The van der Waals surface area contributed by atoms with Crippen molar-refractivity contribution >= 4 is 21.6 Å². The Hall–Kier alpha value is -1.96. The summed E-state index contributed by atoms with van der Waals surface area (Å²) >= 11 is 0. The van der Waals surface area contributed by atoms with Crippen LogP contribution in [-0.2, 0) is 9.84 Å². The van der Waals surface area contributed by atoms with E-state index >= 15 is 0 Å². The van der Waals surface area contributed by atoms with Crippen LogP contribution in [-0.4, -0.2) is 43.4 Å². The van der Waals surface area contributed by atoms with Crippen LogP contribution in [0.3, 0.4) is 0 Å². The molecule has 1 aliphatic rings. The maximum Gasteiger partial charge on any atom is 0.271 e. The molecule has 1 atom stereocenters. The second kappa shape index (κ2) is 4.73. The molecule has 0 fully saturated rings. The van der Waals surface area contributed by atoms with Gasteiger partial charge in [0.2, 0.25) is 0 Å². The number of rotatable bonds is 3. The van der Waals surface area contributed by atoms with E-state index in [0.717, 1.165) is 0 Å². The fraction of sp³-hybridized carbons (Fsp3) is 0.300. The SMILES string of the molecule is CNC(=O)c1ccc(NC2C=CS(=O)(=O)C2)nn1. The molecule has 1 amide bonds. The summed E-state index contributed by atoms with van der Waals surface area (Å²) in [6, 6.07) is 2.78. The number of nitrogens with zero attached hydrogens (tertiary/aromatic N) is 2. The van der Waals surface area contributed by atoms with Gasteiger partial charge < -0.3 is 10.6 Å². The summed E-state index contributed by atoms with van der Waals surface area (Å²) in [5.41, 5.74) is 0.206. The topological polar surface area (TPSA) is 101 Å². The molecule has 2 rings (SSSR count). The monoisotopic (exact) mass is 268 g/mol. The van der Waals surface area contributed by atoms with Gasteiger partial charge in [0.15, 0.2) is 15.5 Å². The molecule has 2 heterocycles.